The number of halogens is 1. The molecule has 3 heterocycles. The van der Waals surface area contributed by atoms with Crippen LogP contribution in [-0.4, -0.2) is 49.5 Å². The first-order valence-electron chi connectivity index (χ1n) is 10.3. The molecule has 158 valence electrons. The number of nitrogens with one attached hydrogen (secondary N) is 1. The molecule has 4 rings (SSSR count). The minimum absolute atomic E-state index is 0.232. The smallest absolute Gasteiger partial charge is 0.262 e. The van der Waals surface area contributed by atoms with E-state index < -0.39 is 11.6 Å². The summed E-state index contributed by atoms with van der Waals surface area (Å²) in [6.45, 7) is 5.52. The topological polar surface area (TPSA) is 75.9 Å². The zero-order chi connectivity index (χ0) is 21.3. The molecule has 1 saturated heterocycles. The number of fused-ring (bicyclic) bond motifs is 1. The Balaban J connectivity index is 1.64. The molecule has 3 aromatic rings. The fraction of sp³-hybridized carbons (Fsp3) is 0.455. The number of hydrogen-bond acceptors (Lipinski definition) is 5. The third-order valence-electron chi connectivity index (χ3n) is 5.56. The number of aryl methyl sites for hydroxylation is 1. The maximum atomic E-state index is 13.8. The van der Waals surface area contributed by atoms with Crippen LogP contribution in [0.4, 0.5) is 10.2 Å². The number of likely N-dealkylation sites (tertiary alicyclic amines) is 1. The summed E-state index contributed by atoms with van der Waals surface area (Å²) in [7, 11) is 1.97. The molecule has 1 aliphatic heterocycles. The van der Waals surface area contributed by atoms with E-state index in [1.165, 1.54) is 38.8 Å². The van der Waals surface area contributed by atoms with Gasteiger partial charge in [-0.3, -0.25) is 14.4 Å². The molecule has 0 atom stereocenters. The van der Waals surface area contributed by atoms with E-state index in [0.717, 1.165) is 36.1 Å². The third-order valence-corrected chi connectivity index (χ3v) is 5.56. The van der Waals surface area contributed by atoms with E-state index in [0.29, 0.717) is 5.52 Å². The number of piperidine rings is 1. The SMILES string of the molecule is Cn1ncc(-c2ccc3nnc(NC(=O)C(C)(C)F)cc3c2)c1CN1CCCCC1. The minimum atomic E-state index is -1.99. The van der Waals surface area contributed by atoms with Gasteiger partial charge in [0.2, 0.25) is 0 Å². The van der Waals surface area contributed by atoms with E-state index in [-0.39, 0.29) is 5.82 Å². The molecule has 30 heavy (non-hydrogen) atoms. The lowest BCUT2D eigenvalue weighted by Crippen LogP contribution is -2.32. The van der Waals surface area contributed by atoms with Crippen molar-refractivity contribution < 1.29 is 9.18 Å². The summed E-state index contributed by atoms with van der Waals surface area (Å²) < 4.78 is 15.8. The third kappa shape index (κ3) is 4.33. The molecule has 0 aliphatic carbocycles. The van der Waals surface area contributed by atoms with Crippen molar-refractivity contribution >= 4 is 22.6 Å². The highest BCUT2D eigenvalue weighted by Gasteiger charge is 2.27. The number of hydrogen-bond donors (Lipinski definition) is 1. The Bertz CT molecular complexity index is 1070. The van der Waals surface area contributed by atoms with Crippen molar-refractivity contribution in [2.45, 2.75) is 45.3 Å². The van der Waals surface area contributed by atoms with Crippen LogP contribution < -0.4 is 5.32 Å². The average Bonchev–Trinajstić information content (AvgIpc) is 3.08. The lowest BCUT2D eigenvalue weighted by molar-refractivity contribution is -0.125. The maximum Gasteiger partial charge on any atom is 0.262 e. The van der Waals surface area contributed by atoms with E-state index in [9.17, 15) is 9.18 Å². The summed E-state index contributed by atoms with van der Waals surface area (Å²) in [5.74, 6) is -0.515. The van der Waals surface area contributed by atoms with Gasteiger partial charge in [0.15, 0.2) is 11.5 Å². The lowest BCUT2D eigenvalue weighted by Gasteiger charge is -2.26. The van der Waals surface area contributed by atoms with E-state index in [4.69, 9.17) is 0 Å². The molecule has 1 aromatic carbocycles. The largest absolute Gasteiger partial charge is 0.306 e. The Hall–Kier alpha value is -2.87. The molecule has 2 aromatic heterocycles. The average molecular weight is 410 g/mol. The zero-order valence-corrected chi connectivity index (χ0v) is 17.7. The molecule has 0 bridgehead atoms. The van der Waals surface area contributed by atoms with E-state index in [1.54, 1.807) is 6.07 Å². The van der Waals surface area contributed by atoms with Gasteiger partial charge in [-0.15, -0.1) is 10.2 Å². The molecule has 1 amide bonds. The number of rotatable bonds is 5. The Labute approximate surface area is 175 Å². The quantitative estimate of drug-likeness (QED) is 0.694. The van der Waals surface area contributed by atoms with Gasteiger partial charge in [-0.25, -0.2) is 4.39 Å². The molecule has 8 heteroatoms. The summed E-state index contributed by atoms with van der Waals surface area (Å²) in [6.07, 6.45) is 5.68. The molecule has 0 spiro atoms. The van der Waals surface area contributed by atoms with Crippen LogP contribution in [0.3, 0.4) is 0 Å². The molecule has 1 aliphatic rings. The molecular formula is C22H27FN6O. The van der Waals surface area contributed by atoms with Crippen LogP contribution in [0.1, 0.15) is 38.8 Å². The fourth-order valence-corrected chi connectivity index (χ4v) is 3.76. The van der Waals surface area contributed by atoms with Crippen molar-refractivity contribution in [3.63, 3.8) is 0 Å². The maximum absolute atomic E-state index is 13.8. The predicted molar refractivity (Wildman–Crippen MR) is 115 cm³/mol. The van der Waals surface area contributed by atoms with Gasteiger partial charge in [-0.05, 0) is 63.5 Å². The summed E-state index contributed by atoms with van der Waals surface area (Å²) in [4.78, 5) is 14.4. The summed E-state index contributed by atoms with van der Waals surface area (Å²) in [5.41, 5.74) is 2.00. The lowest BCUT2D eigenvalue weighted by atomic mass is 10.0. The summed E-state index contributed by atoms with van der Waals surface area (Å²) in [6, 6.07) is 7.64. The van der Waals surface area contributed by atoms with Crippen molar-refractivity contribution in [2.24, 2.45) is 7.05 Å². The molecule has 0 unspecified atom stereocenters. The van der Waals surface area contributed by atoms with Crippen LogP contribution in [0, 0.1) is 0 Å². The Morgan fingerprint density at radius 3 is 2.67 bits per heavy atom. The van der Waals surface area contributed by atoms with Gasteiger partial charge in [0, 0.05) is 24.5 Å². The molecule has 1 N–H and O–H groups in total. The first kappa shape index (κ1) is 20.4. The molecule has 0 saturated carbocycles. The first-order valence-corrected chi connectivity index (χ1v) is 10.3. The zero-order valence-electron chi connectivity index (χ0n) is 17.7. The van der Waals surface area contributed by atoms with Crippen molar-refractivity contribution in [3.8, 4) is 11.1 Å². The van der Waals surface area contributed by atoms with Crippen LogP contribution in [0.25, 0.3) is 22.0 Å². The number of amides is 1. The van der Waals surface area contributed by atoms with Gasteiger partial charge >= 0.3 is 0 Å². The van der Waals surface area contributed by atoms with Crippen molar-refractivity contribution in [1.29, 1.82) is 0 Å². The highest BCUT2D eigenvalue weighted by Crippen LogP contribution is 2.28. The van der Waals surface area contributed by atoms with Gasteiger partial charge in [0.25, 0.3) is 5.91 Å². The predicted octanol–water partition coefficient (Wildman–Crippen LogP) is 3.70. The highest BCUT2D eigenvalue weighted by atomic mass is 19.1. The number of nitrogens with zero attached hydrogens (tertiary/aromatic N) is 5. The summed E-state index contributed by atoms with van der Waals surface area (Å²) >= 11 is 0. The monoisotopic (exact) mass is 410 g/mol. The van der Waals surface area contributed by atoms with Gasteiger partial charge in [0.05, 0.1) is 17.4 Å². The van der Waals surface area contributed by atoms with Gasteiger partial charge in [-0.2, -0.15) is 5.10 Å². The van der Waals surface area contributed by atoms with Crippen LogP contribution >= 0.6 is 0 Å². The molecule has 7 nitrogen and oxygen atoms in total. The number of alkyl halides is 1. The summed E-state index contributed by atoms with van der Waals surface area (Å²) in [5, 5.41) is 15.9. The molecule has 0 radical (unpaired) electrons. The normalized spacial score (nSPS) is 15.5. The van der Waals surface area contributed by atoms with Crippen molar-refractivity contribution in [2.75, 3.05) is 18.4 Å². The first-order chi connectivity index (χ1) is 14.3. The number of benzene rings is 1. The number of carbonyl (C=O) groups is 1. The standard InChI is InChI=1S/C22H27FN6O/c1-22(2,23)21(30)25-20-12-16-11-15(7-8-18(16)26-27-20)17-13-24-28(3)19(17)14-29-9-5-4-6-10-29/h7-8,11-13H,4-6,9-10,14H2,1-3H3,(H,25,27,30). The second-order valence-corrected chi connectivity index (χ2v) is 8.40. The van der Waals surface area contributed by atoms with Gasteiger partial charge < -0.3 is 5.32 Å². The highest BCUT2D eigenvalue weighted by molar-refractivity contribution is 5.97. The fourth-order valence-electron chi connectivity index (χ4n) is 3.76. The Morgan fingerprint density at radius 1 is 1.17 bits per heavy atom. The Morgan fingerprint density at radius 2 is 1.93 bits per heavy atom. The molecule has 1 fully saturated rings. The van der Waals surface area contributed by atoms with Gasteiger partial charge in [-0.1, -0.05) is 12.5 Å². The second-order valence-electron chi connectivity index (χ2n) is 8.40. The van der Waals surface area contributed by atoms with E-state index in [2.05, 4.69) is 25.5 Å². The number of anilines is 1. The second kappa shape index (κ2) is 8.10. The Kier molecular flexibility index (Phi) is 5.51. The van der Waals surface area contributed by atoms with Crippen LogP contribution in [0.15, 0.2) is 30.5 Å². The number of carbonyl (C=O) groups excluding carboxylic acids is 1. The minimum Gasteiger partial charge on any atom is -0.306 e. The van der Waals surface area contributed by atoms with Crippen LogP contribution in [-0.2, 0) is 18.4 Å². The number of aromatic nitrogens is 4. The van der Waals surface area contributed by atoms with Crippen LogP contribution in [0.5, 0.6) is 0 Å². The van der Waals surface area contributed by atoms with Crippen molar-refractivity contribution in [3.05, 3.63) is 36.2 Å². The van der Waals surface area contributed by atoms with E-state index >= 15 is 0 Å². The van der Waals surface area contributed by atoms with Gasteiger partial charge in [0.1, 0.15) is 0 Å². The van der Waals surface area contributed by atoms with E-state index in [1.807, 2.05) is 36.1 Å². The van der Waals surface area contributed by atoms with Crippen LogP contribution in [0.2, 0.25) is 0 Å². The van der Waals surface area contributed by atoms with Crippen molar-refractivity contribution in [1.82, 2.24) is 24.9 Å². The molecular weight excluding hydrogens is 383 g/mol.